The third kappa shape index (κ3) is 4.93. The summed E-state index contributed by atoms with van der Waals surface area (Å²) in [5.41, 5.74) is 1.84. The molecule has 2 aromatic carbocycles. The Balaban J connectivity index is 1.21. The highest BCUT2D eigenvalue weighted by Gasteiger charge is 2.29. The van der Waals surface area contributed by atoms with Gasteiger partial charge in [-0.1, -0.05) is 12.1 Å². The summed E-state index contributed by atoms with van der Waals surface area (Å²) in [4.78, 5) is 32.4. The number of nitrogens with zero attached hydrogens (tertiary/aromatic N) is 4. The zero-order valence-electron chi connectivity index (χ0n) is 21.9. The van der Waals surface area contributed by atoms with Gasteiger partial charge in [0.2, 0.25) is 5.43 Å². The number of fused-ring (bicyclic) bond motifs is 2. The van der Waals surface area contributed by atoms with Crippen LogP contribution in [-0.4, -0.2) is 70.7 Å². The number of anilines is 1. The normalized spacial score (nSPS) is 16.8. The summed E-state index contributed by atoms with van der Waals surface area (Å²) in [6.45, 7) is 2.71. The standard InChI is InChI=1S/C29H29FN4O6/c1-39-18-11-20-19(3-2-4-23(20)31-14-18)26(35)15-32-7-9-33(10-8-32)25-13-24-21(12-22(25)30)28(36)27(40-29(37)38)16-34(24)17-5-6-17/h2-4,11-14,16-17,26,35H,5-10,15H2,1H3,(H,37,38). The summed E-state index contributed by atoms with van der Waals surface area (Å²) in [6.07, 6.45) is 2.51. The van der Waals surface area contributed by atoms with Gasteiger partial charge in [-0.3, -0.25) is 14.7 Å². The smallest absolute Gasteiger partial charge is 0.495 e. The number of rotatable bonds is 7. The molecule has 3 heterocycles. The predicted molar refractivity (Wildman–Crippen MR) is 147 cm³/mol. The van der Waals surface area contributed by atoms with Crippen molar-refractivity contribution in [3.63, 3.8) is 0 Å². The lowest BCUT2D eigenvalue weighted by Gasteiger charge is -2.37. The zero-order chi connectivity index (χ0) is 28.0. The molecule has 10 nitrogen and oxygen atoms in total. The predicted octanol–water partition coefficient (Wildman–Crippen LogP) is 3.94. The molecule has 0 amide bonds. The van der Waals surface area contributed by atoms with Gasteiger partial charge in [-0.25, -0.2) is 9.18 Å². The largest absolute Gasteiger partial charge is 0.511 e. The van der Waals surface area contributed by atoms with Crippen LogP contribution in [0.15, 0.2) is 53.6 Å². The average Bonchev–Trinajstić information content (AvgIpc) is 3.79. The average molecular weight is 549 g/mol. The molecule has 2 fully saturated rings. The molecule has 2 N–H and O–H groups in total. The molecule has 11 heteroatoms. The fraction of sp³-hybridized carbons (Fsp3) is 0.345. The fourth-order valence-electron chi connectivity index (χ4n) is 5.47. The van der Waals surface area contributed by atoms with E-state index >= 15 is 4.39 Å². The van der Waals surface area contributed by atoms with E-state index in [4.69, 9.17) is 9.84 Å². The van der Waals surface area contributed by atoms with Crippen LogP contribution >= 0.6 is 0 Å². The van der Waals surface area contributed by atoms with Crippen molar-refractivity contribution in [2.24, 2.45) is 0 Å². The number of methoxy groups -OCH3 is 1. The number of aliphatic hydroxyl groups is 1. The molecule has 1 saturated heterocycles. The first kappa shape index (κ1) is 26.0. The molecule has 2 aliphatic rings. The van der Waals surface area contributed by atoms with E-state index < -0.39 is 23.5 Å². The first-order valence-corrected chi connectivity index (χ1v) is 13.2. The van der Waals surface area contributed by atoms with E-state index in [0.29, 0.717) is 49.7 Å². The first-order chi connectivity index (χ1) is 19.3. The molecule has 4 aromatic rings. The molecule has 208 valence electrons. The minimum atomic E-state index is -1.59. The molecule has 1 aliphatic heterocycles. The molecular formula is C29H29FN4O6. The van der Waals surface area contributed by atoms with E-state index in [1.807, 2.05) is 33.7 Å². The molecule has 1 aliphatic carbocycles. The van der Waals surface area contributed by atoms with Gasteiger partial charge in [0.25, 0.3) is 0 Å². The van der Waals surface area contributed by atoms with E-state index in [1.54, 1.807) is 19.4 Å². The van der Waals surface area contributed by atoms with Crippen molar-refractivity contribution in [3.05, 3.63) is 70.4 Å². The number of aromatic nitrogens is 2. The van der Waals surface area contributed by atoms with Crippen LogP contribution in [0.3, 0.4) is 0 Å². The topological polar surface area (TPSA) is 117 Å². The molecule has 0 bridgehead atoms. The Morgan fingerprint density at radius 1 is 1.15 bits per heavy atom. The van der Waals surface area contributed by atoms with Crippen molar-refractivity contribution in [1.82, 2.24) is 14.5 Å². The molecular weight excluding hydrogens is 519 g/mol. The number of carbonyl (C=O) groups is 1. The second-order valence-corrected chi connectivity index (χ2v) is 10.2. The van der Waals surface area contributed by atoms with Crippen LogP contribution < -0.4 is 19.8 Å². The first-order valence-electron chi connectivity index (χ1n) is 13.2. The van der Waals surface area contributed by atoms with Crippen LogP contribution in [0.5, 0.6) is 11.5 Å². The number of carboxylic acid groups (broad SMARTS) is 1. The van der Waals surface area contributed by atoms with Crippen LogP contribution in [-0.2, 0) is 0 Å². The summed E-state index contributed by atoms with van der Waals surface area (Å²) < 4.78 is 27.2. The fourth-order valence-corrected chi connectivity index (χ4v) is 5.47. The highest BCUT2D eigenvalue weighted by molar-refractivity contribution is 5.85. The Labute approximate surface area is 228 Å². The number of piperazine rings is 1. The van der Waals surface area contributed by atoms with Gasteiger partial charge in [-0.05, 0) is 42.7 Å². The van der Waals surface area contributed by atoms with Crippen molar-refractivity contribution in [2.45, 2.75) is 25.0 Å². The maximum absolute atomic E-state index is 15.3. The lowest BCUT2D eigenvalue weighted by Crippen LogP contribution is -2.47. The molecule has 0 spiro atoms. The summed E-state index contributed by atoms with van der Waals surface area (Å²) in [5.74, 6) is -0.257. The van der Waals surface area contributed by atoms with Crippen LogP contribution in [0, 0.1) is 5.82 Å². The van der Waals surface area contributed by atoms with Gasteiger partial charge in [0.15, 0.2) is 5.75 Å². The SMILES string of the molecule is COc1cnc2cccc(C(O)CN3CCN(c4cc5c(cc4F)c(=O)c(OC(=O)O)cn5C4CC4)CC3)c2c1. The maximum Gasteiger partial charge on any atom is 0.511 e. The monoisotopic (exact) mass is 548 g/mol. The molecule has 0 radical (unpaired) electrons. The Bertz CT molecular complexity index is 1660. The van der Waals surface area contributed by atoms with Crippen molar-refractivity contribution in [2.75, 3.05) is 44.7 Å². The highest BCUT2D eigenvalue weighted by atomic mass is 19.1. The Morgan fingerprint density at radius 3 is 2.62 bits per heavy atom. The summed E-state index contributed by atoms with van der Waals surface area (Å²) in [7, 11) is 1.58. The molecule has 1 atom stereocenters. The maximum atomic E-state index is 15.3. The lowest BCUT2D eigenvalue weighted by atomic mass is 10.0. The van der Waals surface area contributed by atoms with Crippen molar-refractivity contribution >= 4 is 33.6 Å². The Hall–Kier alpha value is -4.22. The number of benzene rings is 2. The van der Waals surface area contributed by atoms with Gasteiger partial charge in [0.1, 0.15) is 11.6 Å². The third-order valence-electron chi connectivity index (χ3n) is 7.68. The van der Waals surface area contributed by atoms with Crippen molar-refractivity contribution in [1.29, 1.82) is 0 Å². The summed E-state index contributed by atoms with van der Waals surface area (Å²) >= 11 is 0. The molecule has 1 unspecified atom stereocenters. The van der Waals surface area contributed by atoms with Crippen molar-refractivity contribution in [3.8, 4) is 11.5 Å². The zero-order valence-corrected chi connectivity index (χ0v) is 21.9. The number of hydrogen-bond acceptors (Lipinski definition) is 8. The number of β-amino-alcohol motifs (C(OH)–C–C–N with tert-alkyl or cyclic N) is 1. The van der Waals surface area contributed by atoms with Crippen molar-refractivity contribution < 1.29 is 28.9 Å². The molecule has 40 heavy (non-hydrogen) atoms. The number of pyridine rings is 2. The van der Waals surface area contributed by atoms with E-state index in [1.165, 1.54) is 12.3 Å². The van der Waals surface area contributed by atoms with Gasteiger partial charge < -0.3 is 29.2 Å². The van der Waals surface area contributed by atoms with E-state index in [2.05, 4.69) is 14.6 Å². The molecule has 2 aromatic heterocycles. The number of ether oxygens (including phenoxy) is 2. The molecule has 6 rings (SSSR count). The van der Waals surface area contributed by atoms with Gasteiger partial charge >= 0.3 is 6.16 Å². The lowest BCUT2D eigenvalue weighted by molar-refractivity contribution is 0.110. The highest BCUT2D eigenvalue weighted by Crippen LogP contribution is 2.39. The van der Waals surface area contributed by atoms with Crippen LogP contribution in [0.2, 0.25) is 0 Å². The number of hydrogen-bond donors (Lipinski definition) is 2. The minimum absolute atomic E-state index is 0.0925. The second-order valence-electron chi connectivity index (χ2n) is 10.2. The van der Waals surface area contributed by atoms with Gasteiger partial charge in [0.05, 0.1) is 47.7 Å². The Kier molecular flexibility index (Phi) is 6.77. The van der Waals surface area contributed by atoms with Gasteiger partial charge in [0, 0.05) is 44.2 Å². The van der Waals surface area contributed by atoms with Crippen LogP contribution in [0.25, 0.3) is 21.8 Å². The second kappa shape index (κ2) is 10.4. The number of halogens is 1. The Morgan fingerprint density at radius 2 is 1.93 bits per heavy atom. The minimum Gasteiger partial charge on any atom is -0.495 e. The van der Waals surface area contributed by atoms with E-state index in [9.17, 15) is 14.7 Å². The van der Waals surface area contributed by atoms with Crippen LogP contribution in [0.4, 0.5) is 14.9 Å². The third-order valence-corrected chi connectivity index (χ3v) is 7.68. The van der Waals surface area contributed by atoms with Gasteiger partial charge in [-0.2, -0.15) is 0 Å². The van der Waals surface area contributed by atoms with E-state index in [-0.39, 0.29) is 17.2 Å². The van der Waals surface area contributed by atoms with E-state index in [0.717, 1.165) is 29.3 Å². The molecule has 1 saturated carbocycles. The summed E-state index contributed by atoms with van der Waals surface area (Å²) in [6, 6.07) is 10.5. The van der Waals surface area contributed by atoms with Gasteiger partial charge in [-0.15, -0.1) is 0 Å². The number of aliphatic hydroxyl groups excluding tert-OH is 1. The summed E-state index contributed by atoms with van der Waals surface area (Å²) in [5, 5.41) is 21.0. The quantitative estimate of drug-likeness (QED) is 0.331. The van der Waals surface area contributed by atoms with Crippen LogP contribution in [0.1, 0.15) is 30.6 Å².